The Balaban J connectivity index is 2.05. The number of carbonyl (C=O) groups is 1. The molecular formula is C17H23N3OS. The van der Waals surface area contributed by atoms with Crippen molar-refractivity contribution in [3.63, 3.8) is 0 Å². The Kier molecular flexibility index (Phi) is 5.55. The van der Waals surface area contributed by atoms with E-state index in [0.717, 1.165) is 12.2 Å². The number of hydrogen-bond donors (Lipinski definition) is 2. The maximum atomic E-state index is 11.7. The third-order valence-electron chi connectivity index (χ3n) is 3.51. The highest BCUT2D eigenvalue weighted by molar-refractivity contribution is 7.12. The zero-order chi connectivity index (χ0) is 16.1. The van der Waals surface area contributed by atoms with Gasteiger partial charge in [-0.2, -0.15) is 0 Å². The van der Waals surface area contributed by atoms with E-state index >= 15 is 0 Å². The summed E-state index contributed by atoms with van der Waals surface area (Å²) in [4.78, 5) is 18.8. The number of aryl methyl sites for hydroxylation is 2. The van der Waals surface area contributed by atoms with Crippen LogP contribution in [0, 0.1) is 6.92 Å². The molecule has 2 N–H and O–H groups in total. The molecule has 2 heterocycles. The second kappa shape index (κ2) is 7.40. The number of pyridine rings is 1. The second-order valence-corrected chi connectivity index (χ2v) is 6.43. The van der Waals surface area contributed by atoms with Crippen LogP contribution in [0.5, 0.6) is 0 Å². The lowest BCUT2D eigenvalue weighted by Gasteiger charge is -2.13. The van der Waals surface area contributed by atoms with Crippen LogP contribution >= 0.6 is 11.3 Å². The fourth-order valence-electron chi connectivity index (χ4n) is 2.28. The number of nitrogens with one attached hydrogen (secondary N) is 2. The number of carbonyl (C=O) groups excluding carboxylic acids is 1. The van der Waals surface area contributed by atoms with Crippen molar-refractivity contribution in [2.45, 2.75) is 40.2 Å². The average Bonchev–Trinajstić information content (AvgIpc) is 2.89. The van der Waals surface area contributed by atoms with Crippen LogP contribution in [0.3, 0.4) is 0 Å². The smallest absolute Gasteiger partial charge is 0.252 e. The lowest BCUT2D eigenvalue weighted by Crippen LogP contribution is -2.22. The van der Waals surface area contributed by atoms with E-state index in [2.05, 4.69) is 42.5 Å². The Morgan fingerprint density at radius 1 is 1.36 bits per heavy atom. The fraction of sp³-hybridized carbons (Fsp3) is 0.412. The van der Waals surface area contributed by atoms with Gasteiger partial charge in [-0.1, -0.05) is 6.92 Å². The largest absolute Gasteiger partial charge is 0.363 e. The highest BCUT2D eigenvalue weighted by Crippen LogP contribution is 2.29. The van der Waals surface area contributed by atoms with Gasteiger partial charge in [0, 0.05) is 22.5 Å². The lowest BCUT2D eigenvalue weighted by atomic mass is 10.2. The van der Waals surface area contributed by atoms with E-state index < -0.39 is 0 Å². The lowest BCUT2D eigenvalue weighted by molar-refractivity contribution is 0.0955. The van der Waals surface area contributed by atoms with Crippen LogP contribution in [0.15, 0.2) is 24.4 Å². The number of amides is 1. The third-order valence-corrected chi connectivity index (χ3v) is 5.08. The van der Waals surface area contributed by atoms with Gasteiger partial charge in [0.1, 0.15) is 5.82 Å². The maximum absolute atomic E-state index is 11.7. The molecule has 4 nitrogen and oxygen atoms in total. The van der Waals surface area contributed by atoms with Crippen molar-refractivity contribution in [1.82, 2.24) is 10.3 Å². The molecule has 2 aromatic heterocycles. The molecule has 0 aliphatic heterocycles. The minimum absolute atomic E-state index is 0.0870. The van der Waals surface area contributed by atoms with Crippen molar-refractivity contribution in [3.05, 3.63) is 45.3 Å². The normalized spacial score (nSPS) is 12.0. The van der Waals surface area contributed by atoms with E-state index in [1.807, 2.05) is 24.3 Å². The summed E-state index contributed by atoms with van der Waals surface area (Å²) in [5, 5.41) is 6.15. The van der Waals surface area contributed by atoms with Crippen molar-refractivity contribution < 1.29 is 4.79 Å². The number of anilines is 1. The van der Waals surface area contributed by atoms with Crippen molar-refractivity contribution in [3.8, 4) is 0 Å². The summed E-state index contributed by atoms with van der Waals surface area (Å²) < 4.78 is 0. The number of aromatic nitrogens is 1. The molecule has 0 fully saturated rings. The fourth-order valence-corrected chi connectivity index (χ4v) is 3.40. The zero-order valence-corrected chi connectivity index (χ0v) is 14.4. The number of hydrogen-bond acceptors (Lipinski definition) is 4. The van der Waals surface area contributed by atoms with E-state index in [0.29, 0.717) is 12.1 Å². The summed E-state index contributed by atoms with van der Waals surface area (Å²) in [6.07, 6.45) is 2.68. The molecule has 0 aliphatic rings. The minimum Gasteiger partial charge on any atom is -0.363 e. The summed E-state index contributed by atoms with van der Waals surface area (Å²) >= 11 is 1.85. The Bertz CT molecular complexity index is 634. The van der Waals surface area contributed by atoms with Gasteiger partial charge in [0.15, 0.2) is 0 Å². The Hall–Kier alpha value is -1.88. The number of nitrogens with zero attached hydrogens (tertiary/aromatic N) is 1. The summed E-state index contributed by atoms with van der Waals surface area (Å²) in [7, 11) is 0. The first-order chi connectivity index (χ1) is 10.5. The molecule has 0 aromatic carbocycles. The summed E-state index contributed by atoms with van der Waals surface area (Å²) in [5.41, 5.74) is 1.94. The van der Waals surface area contributed by atoms with Crippen molar-refractivity contribution in [2.24, 2.45) is 0 Å². The van der Waals surface area contributed by atoms with E-state index in [9.17, 15) is 4.79 Å². The first kappa shape index (κ1) is 16.5. The van der Waals surface area contributed by atoms with Crippen LogP contribution in [0.25, 0.3) is 0 Å². The summed E-state index contributed by atoms with van der Waals surface area (Å²) in [5.74, 6) is 0.695. The second-order valence-electron chi connectivity index (χ2n) is 5.27. The van der Waals surface area contributed by atoms with Crippen molar-refractivity contribution in [2.75, 3.05) is 11.9 Å². The molecule has 2 aromatic rings. The van der Waals surface area contributed by atoms with Crippen LogP contribution in [0.1, 0.15) is 52.5 Å². The van der Waals surface area contributed by atoms with Crippen molar-refractivity contribution in [1.29, 1.82) is 0 Å². The number of rotatable bonds is 6. The van der Waals surface area contributed by atoms with Gasteiger partial charge in [-0.25, -0.2) is 4.98 Å². The van der Waals surface area contributed by atoms with Crippen LogP contribution in [0.2, 0.25) is 0 Å². The molecule has 0 aliphatic carbocycles. The van der Waals surface area contributed by atoms with E-state index in [-0.39, 0.29) is 11.9 Å². The molecule has 1 unspecified atom stereocenters. The predicted molar refractivity (Wildman–Crippen MR) is 92.7 cm³/mol. The van der Waals surface area contributed by atoms with Crippen LogP contribution < -0.4 is 10.6 Å². The van der Waals surface area contributed by atoms with Crippen LogP contribution in [-0.2, 0) is 6.42 Å². The molecule has 1 atom stereocenters. The molecule has 22 heavy (non-hydrogen) atoms. The van der Waals surface area contributed by atoms with Gasteiger partial charge in [-0.3, -0.25) is 4.79 Å². The molecule has 0 saturated carbocycles. The monoisotopic (exact) mass is 317 g/mol. The maximum Gasteiger partial charge on any atom is 0.252 e. The molecule has 0 saturated heterocycles. The number of thiophene rings is 1. The summed E-state index contributed by atoms with van der Waals surface area (Å²) in [6.45, 7) is 8.99. The standard InChI is InChI=1S/C17H23N3OS/c1-5-14-11(3)9-15(22-14)12(4)20-16-8-7-13(10-19-16)17(21)18-6-2/h7-10,12H,5-6H2,1-4H3,(H,18,21)(H,19,20). The van der Waals surface area contributed by atoms with Crippen LogP contribution in [-0.4, -0.2) is 17.4 Å². The van der Waals surface area contributed by atoms with Gasteiger partial charge in [0.05, 0.1) is 11.6 Å². The first-order valence-corrected chi connectivity index (χ1v) is 8.46. The average molecular weight is 317 g/mol. The molecule has 0 radical (unpaired) electrons. The van der Waals surface area contributed by atoms with E-state index in [1.54, 1.807) is 12.3 Å². The quantitative estimate of drug-likeness (QED) is 0.848. The van der Waals surface area contributed by atoms with Crippen molar-refractivity contribution >= 4 is 23.1 Å². The molecule has 1 amide bonds. The zero-order valence-electron chi connectivity index (χ0n) is 13.6. The molecule has 118 valence electrons. The van der Waals surface area contributed by atoms with Gasteiger partial charge < -0.3 is 10.6 Å². The van der Waals surface area contributed by atoms with Gasteiger partial charge >= 0.3 is 0 Å². The molecular weight excluding hydrogens is 294 g/mol. The van der Waals surface area contributed by atoms with Gasteiger partial charge in [0.25, 0.3) is 5.91 Å². The Morgan fingerprint density at radius 2 is 2.14 bits per heavy atom. The third kappa shape index (κ3) is 3.85. The van der Waals surface area contributed by atoms with E-state index in [1.165, 1.54) is 15.3 Å². The topological polar surface area (TPSA) is 54.0 Å². The molecule has 0 bridgehead atoms. The SMILES string of the molecule is CCNC(=O)c1ccc(NC(C)c2cc(C)c(CC)s2)nc1. The Labute approximate surface area is 136 Å². The van der Waals surface area contributed by atoms with Gasteiger partial charge in [0.2, 0.25) is 0 Å². The minimum atomic E-state index is -0.0870. The van der Waals surface area contributed by atoms with E-state index in [4.69, 9.17) is 0 Å². The van der Waals surface area contributed by atoms with Crippen LogP contribution in [0.4, 0.5) is 5.82 Å². The predicted octanol–water partition coefficient (Wildman–Crippen LogP) is 3.94. The highest BCUT2D eigenvalue weighted by Gasteiger charge is 2.12. The molecule has 0 spiro atoms. The first-order valence-electron chi connectivity index (χ1n) is 7.65. The molecule has 2 rings (SSSR count). The van der Waals surface area contributed by atoms with Gasteiger partial charge in [-0.05, 0) is 51.0 Å². The Morgan fingerprint density at radius 3 is 2.68 bits per heavy atom. The molecule has 5 heteroatoms. The highest BCUT2D eigenvalue weighted by atomic mass is 32.1. The summed E-state index contributed by atoms with van der Waals surface area (Å²) in [6, 6.07) is 6.09. The van der Waals surface area contributed by atoms with Gasteiger partial charge in [-0.15, -0.1) is 11.3 Å².